The van der Waals surface area contributed by atoms with Crippen LogP contribution in [0.4, 0.5) is 0 Å². The second kappa shape index (κ2) is 7.91. The number of carbonyl (C=O) groups is 1. The molecule has 1 heterocycles. The van der Waals surface area contributed by atoms with Crippen LogP contribution in [0.3, 0.4) is 0 Å². The van der Waals surface area contributed by atoms with Crippen LogP contribution in [-0.4, -0.2) is 38.3 Å². The summed E-state index contributed by atoms with van der Waals surface area (Å²) < 4.78 is 5.32. The third kappa shape index (κ3) is 5.97. The summed E-state index contributed by atoms with van der Waals surface area (Å²) in [6, 6.07) is 0. The molecule has 1 unspecified atom stereocenters. The van der Waals surface area contributed by atoms with E-state index in [2.05, 4.69) is 24.5 Å². The Balaban J connectivity index is 0.00000196. The maximum Gasteiger partial charge on any atom is 0.250 e. The van der Waals surface area contributed by atoms with E-state index in [1.54, 1.807) is 0 Å². The standard InChI is InChI=1S/C10H20N2O2.ClH/c1-8(2)3-4-12-10(13)9-7-11-5-6-14-9;/h8-9,11H,3-7H2,1-2H3,(H,12,13);1H. The van der Waals surface area contributed by atoms with Gasteiger partial charge in [0, 0.05) is 19.6 Å². The Labute approximate surface area is 97.5 Å². The molecule has 4 nitrogen and oxygen atoms in total. The number of carbonyl (C=O) groups excluding carboxylic acids is 1. The first-order chi connectivity index (χ1) is 6.70. The zero-order chi connectivity index (χ0) is 10.4. The highest BCUT2D eigenvalue weighted by molar-refractivity contribution is 5.85. The molecule has 1 amide bonds. The molecule has 0 aromatic rings. The predicted octanol–water partition coefficient (Wildman–Crippen LogP) is 0.559. The van der Waals surface area contributed by atoms with Crippen LogP contribution in [0.25, 0.3) is 0 Å². The van der Waals surface area contributed by atoms with E-state index in [1.807, 2.05) is 0 Å². The second-order valence-electron chi connectivity index (χ2n) is 4.04. The molecule has 15 heavy (non-hydrogen) atoms. The molecular weight excluding hydrogens is 216 g/mol. The summed E-state index contributed by atoms with van der Waals surface area (Å²) in [5, 5.41) is 6.01. The minimum Gasteiger partial charge on any atom is -0.366 e. The molecule has 0 bridgehead atoms. The molecule has 90 valence electrons. The van der Waals surface area contributed by atoms with Gasteiger partial charge < -0.3 is 15.4 Å². The van der Waals surface area contributed by atoms with Gasteiger partial charge in [-0.15, -0.1) is 12.4 Å². The third-order valence-electron chi connectivity index (χ3n) is 2.24. The fourth-order valence-electron chi connectivity index (χ4n) is 1.33. The molecule has 2 N–H and O–H groups in total. The van der Waals surface area contributed by atoms with Crippen LogP contribution in [-0.2, 0) is 9.53 Å². The summed E-state index contributed by atoms with van der Waals surface area (Å²) in [5.41, 5.74) is 0. The number of morpholine rings is 1. The third-order valence-corrected chi connectivity index (χ3v) is 2.24. The lowest BCUT2D eigenvalue weighted by Gasteiger charge is -2.22. The van der Waals surface area contributed by atoms with Gasteiger partial charge in [-0.3, -0.25) is 4.79 Å². The fourth-order valence-corrected chi connectivity index (χ4v) is 1.33. The first-order valence-corrected chi connectivity index (χ1v) is 5.30. The Morgan fingerprint density at radius 3 is 2.87 bits per heavy atom. The largest absolute Gasteiger partial charge is 0.366 e. The van der Waals surface area contributed by atoms with Crippen molar-refractivity contribution in [2.45, 2.75) is 26.4 Å². The molecule has 0 aromatic carbocycles. The molecule has 1 rings (SSSR count). The Hall–Kier alpha value is -0.320. The zero-order valence-corrected chi connectivity index (χ0v) is 10.2. The van der Waals surface area contributed by atoms with E-state index in [9.17, 15) is 4.79 Å². The Morgan fingerprint density at radius 2 is 2.33 bits per heavy atom. The molecule has 0 radical (unpaired) electrons. The molecule has 0 aromatic heterocycles. The van der Waals surface area contributed by atoms with E-state index < -0.39 is 0 Å². The Kier molecular flexibility index (Phi) is 7.74. The van der Waals surface area contributed by atoms with Crippen LogP contribution in [0.2, 0.25) is 0 Å². The number of hydrogen-bond donors (Lipinski definition) is 2. The van der Waals surface area contributed by atoms with Crippen LogP contribution in [0.15, 0.2) is 0 Å². The first-order valence-electron chi connectivity index (χ1n) is 5.30. The molecule has 1 aliphatic heterocycles. The van der Waals surface area contributed by atoms with Gasteiger partial charge in [-0.05, 0) is 12.3 Å². The summed E-state index contributed by atoms with van der Waals surface area (Å²) in [5.74, 6) is 0.638. The van der Waals surface area contributed by atoms with Gasteiger partial charge in [0.05, 0.1) is 6.61 Å². The summed E-state index contributed by atoms with van der Waals surface area (Å²) in [6.07, 6.45) is 0.724. The summed E-state index contributed by atoms with van der Waals surface area (Å²) in [4.78, 5) is 11.5. The van der Waals surface area contributed by atoms with Gasteiger partial charge in [-0.25, -0.2) is 0 Å². The van der Waals surface area contributed by atoms with Gasteiger partial charge in [-0.2, -0.15) is 0 Å². The normalized spacial score (nSPS) is 20.9. The molecule has 1 saturated heterocycles. The van der Waals surface area contributed by atoms with Crippen molar-refractivity contribution in [3.63, 3.8) is 0 Å². The average molecular weight is 237 g/mol. The highest BCUT2D eigenvalue weighted by Crippen LogP contribution is 1.99. The molecule has 5 heteroatoms. The second-order valence-corrected chi connectivity index (χ2v) is 4.04. The van der Waals surface area contributed by atoms with E-state index in [-0.39, 0.29) is 24.4 Å². The van der Waals surface area contributed by atoms with Gasteiger partial charge in [0.2, 0.25) is 5.91 Å². The van der Waals surface area contributed by atoms with Gasteiger partial charge in [-0.1, -0.05) is 13.8 Å². The summed E-state index contributed by atoms with van der Waals surface area (Å²) in [7, 11) is 0. The SMILES string of the molecule is CC(C)CCNC(=O)C1CNCCO1.Cl. The lowest BCUT2D eigenvalue weighted by molar-refractivity contribution is -0.134. The molecule has 0 saturated carbocycles. The van der Waals surface area contributed by atoms with Crippen LogP contribution in [0, 0.1) is 5.92 Å². The number of hydrogen-bond acceptors (Lipinski definition) is 3. The highest BCUT2D eigenvalue weighted by atomic mass is 35.5. The monoisotopic (exact) mass is 236 g/mol. The topological polar surface area (TPSA) is 50.4 Å². The fraction of sp³-hybridized carbons (Fsp3) is 0.900. The van der Waals surface area contributed by atoms with Crippen LogP contribution >= 0.6 is 12.4 Å². The molecular formula is C10H21ClN2O2. The van der Waals surface area contributed by atoms with Gasteiger partial charge in [0.1, 0.15) is 6.10 Å². The number of ether oxygens (including phenoxy) is 1. The molecule has 1 aliphatic rings. The molecule has 1 atom stereocenters. The van der Waals surface area contributed by atoms with Crippen molar-refractivity contribution < 1.29 is 9.53 Å². The quantitative estimate of drug-likeness (QED) is 0.750. The van der Waals surface area contributed by atoms with Crippen LogP contribution < -0.4 is 10.6 Å². The lowest BCUT2D eigenvalue weighted by atomic mass is 10.1. The van der Waals surface area contributed by atoms with Crippen molar-refractivity contribution in [3.8, 4) is 0 Å². The average Bonchev–Trinajstić information content (AvgIpc) is 2.18. The summed E-state index contributed by atoms with van der Waals surface area (Å²) in [6.45, 7) is 7.14. The minimum atomic E-state index is -0.295. The maximum atomic E-state index is 11.5. The number of nitrogens with one attached hydrogen (secondary N) is 2. The van der Waals surface area contributed by atoms with Crippen LogP contribution in [0.1, 0.15) is 20.3 Å². The van der Waals surface area contributed by atoms with Crippen LogP contribution in [0.5, 0.6) is 0 Å². The first kappa shape index (κ1) is 14.7. The van der Waals surface area contributed by atoms with E-state index in [0.717, 1.165) is 19.5 Å². The van der Waals surface area contributed by atoms with Crippen molar-refractivity contribution in [3.05, 3.63) is 0 Å². The van der Waals surface area contributed by atoms with Gasteiger partial charge >= 0.3 is 0 Å². The van der Waals surface area contributed by atoms with Gasteiger partial charge in [0.25, 0.3) is 0 Å². The molecule has 0 aliphatic carbocycles. The zero-order valence-electron chi connectivity index (χ0n) is 9.41. The minimum absolute atomic E-state index is 0. The number of halogens is 1. The maximum absolute atomic E-state index is 11.5. The Bertz CT molecular complexity index is 182. The van der Waals surface area contributed by atoms with Crippen molar-refractivity contribution in [1.82, 2.24) is 10.6 Å². The van der Waals surface area contributed by atoms with Gasteiger partial charge in [0.15, 0.2) is 0 Å². The lowest BCUT2D eigenvalue weighted by Crippen LogP contribution is -2.48. The molecule has 1 fully saturated rings. The highest BCUT2D eigenvalue weighted by Gasteiger charge is 2.20. The predicted molar refractivity (Wildman–Crippen MR) is 62.3 cm³/mol. The van der Waals surface area contributed by atoms with E-state index in [1.165, 1.54) is 0 Å². The summed E-state index contributed by atoms with van der Waals surface area (Å²) >= 11 is 0. The molecule has 0 spiro atoms. The van der Waals surface area contributed by atoms with E-state index in [0.29, 0.717) is 19.1 Å². The smallest absolute Gasteiger partial charge is 0.250 e. The number of rotatable bonds is 4. The van der Waals surface area contributed by atoms with E-state index in [4.69, 9.17) is 4.74 Å². The van der Waals surface area contributed by atoms with E-state index >= 15 is 0 Å². The van der Waals surface area contributed by atoms with Crippen molar-refractivity contribution >= 4 is 18.3 Å². The van der Waals surface area contributed by atoms with Crippen molar-refractivity contribution in [2.24, 2.45) is 5.92 Å². The van der Waals surface area contributed by atoms with Crippen molar-refractivity contribution in [1.29, 1.82) is 0 Å². The number of amides is 1. The van der Waals surface area contributed by atoms with Crippen molar-refractivity contribution in [2.75, 3.05) is 26.2 Å². The Morgan fingerprint density at radius 1 is 1.60 bits per heavy atom.